The van der Waals surface area contributed by atoms with Crippen molar-refractivity contribution in [2.45, 2.75) is 56.1 Å². The van der Waals surface area contributed by atoms with Gasteiger partial charge in [-0.1, -0.05) is 0 Å². The molecule has 0 spiro atoms. The highest BCUT2D eigenvalue weighted by atomic mass is 32.2. The minimum Gasteiger partial charge on any atom is -0.474 e. The Morgan fingerprint density at radius 3 is 2.67 bits per heavy atom. The maximum absolute atomic E-state index is 13.1. The Morgan fingerprint density at radius 2 is 2.00 bits per heavy atom. The summed E-state index contributed by atoms with van der Waals surface area (Å²) in [7, 11) is -1.95. The molecule has 3 aliphatic rings. The van der Waals surface area contributed by atoms with Crippen LogP contribution in [0.1, 0.15) is 35.4 Å². The van der Waals surface area contributed by atoms with Gasteiger partial charge in [0.2, 0.25) is 5.88 Å². The molecular weight excluding hydrogens is 408 g/mol. The number of ether oxygens (including phenoxy) is 2. The summed E-state index contributed by atoms with van der Waals surface area (Å²) in [5.41, 5.74) is 5.02. The summed E-state index contributed by atoms with van der Waals surface area (Å²) in [4.78, 5) is 17.6. The highest BCUT2D eigenvalue weighted by Gasteiger charge is 2.29. The molecule has 2 aromatic rings. The van der Waals surface area contributed by atoms with Crippen LogP contribution in [0.5, 0.6) is 5.88 Å². The van der Waals surface area contributed by atoms with Crippen molar-refractivity contribution in [1.29, 1.82) is 0 Å². The maximum Gasteiger partial charge on any atom is 0.354 e. The van der Waals surface area contributed by atoms with Crippen LogP contribution < -0.4 is 15.2 Å². The summed E-state index contributed by atoms with van der Waals surface area (Å²) < 4.78 is 29.3. The van der Waals surface area contributed by atoms with Gasteiger partial charge in [-0.25, -0.2) is 18.8 Å². The molecular formula is C19H24N6O4S. The molecule has 0 saturated heterocycles. The average molecular weight is 433 g/mol. The predicted octanol–water partition coefficient (Wildman–Crippen LogP) is 1.60. The summed E-state index contributed by atoms with van der Waals surface area (Å²) in [6.07, 6.45) is 6.78. The number of hydrogen-bond donors (Lipinski definition) is 2. The van der Waals surface area contributed by atoms with E-state index in [2.05, 4.69) is 14.8 Å². The summed E-state index contributed by atoms with van der Waals surface area (Å²) >= 11 is 0. The van der Waals surface area contributed by atoms with Crippen LogP contribution in [0.2, 0.25) is 0 Å². The third-order valence-corrected chi connectivity index (χ3v) is 7.24. The van der Waals surface area contributed by atoms with Crippen LogP contribution in [0.3, 0.4) is 0 Å². The number of nitrogens with zero attached hydrogens (tertiary/aromatic N) is 4. The van der Waals surface area contributed by atoms with Crippen molar-refractivity contribution in [3.8, 4) is 5.88 Å². The van der Waals surface area contributed by atoms with Gasteiger partial charge in [0.15, 0.2) is 9.92 Å². The second-order valence-corrected chi connectivity index (χ2v) is 9.56. The molecule has 0 aromatic carbocycles. The van der Waals surface area contributed by atoms with E-state index >= 15 is 0 Å². The maximum atomic E-state index is 13.1. The van der Waals surface area contributed by atoms with Crippen molar-refractivity contribution >= 4 is 21.6 Å². The van der Waals surface area contributed by atoms with Crippen molar-refractivity contribution in [1.82, 2.24) is 14.8 Å². The zero-order valence-electron chi connectivity index (χ0n) is 16.7. The van der Waals surface area contributed by atoms with Gasteiger partial charge >= 0.3 is 6.03 Å². The fourth-order valence-corrected chi connectivity index (χ4v) is 5.44. The van der Waals surface area contributed by atoms with Gasteiger partial charge < -0.3 is 14.8 Å². The molecule has 2 atom stereocenters. The zero-order valence-corrected chi connectivity index (χ0v) is 17.5. The van der Waals surface area contributed by atoms with E-state index in [-0.39, 0.29) is 23.5 Å². The first kappa shape index (κ1) is 19.5. The lowest BCUT2D eigenvalue weighted by atomic mass is 10.1. The first-order valence-corrected chi connectivity index (χ1v) is 11.6. The number of nitrogens with two attached hydrogens (primary N) is 1. The van der Waals surface area contributed by atoms with E-state index < -0.39 is 15.9 Å². The van der Waals surface area contributed by atoms with E-state index in [1.807, 2.05) is 0 Å². The lowest BCUT2D eigenvalue weighted by Crippen LogP contribution is -2.32. The van der Waals surface area contributed by atoms with Gasteiger partial charge in [-0.2, -0.15) is 5.10 Å². The van der Waals surface area contributed by atoms with Crippen LogP contribution in [0.25, 0.3) is 0 Å². The molecule has 3 N–H and O–H groups in total. The minimum absolute atomic E-state index is 0.109. The molecule has 2 amide bonds. The smallest absolute Gasteiger partial charge is 0.354 e. The van der Waals surface area contributed by atoms with E-state index in [0.717, 1.165) is 66.7 Å². The molecule has 30 heavy (non-hydrogen) atoms. The summed E-state index contributed by atoms with van der Waals surface area (Å²) in [5.74, 6) is 0.262. The molecule has 10 nitrogen and oxygen atoms in total. The summed E-state index contributed by atoms with van der Waals surface area (Å²) in [6, 6.07) is -0.734. The van der Waals surface area contributed by atoms with Gasteiger partial charge in [0, 0.05) is 18.5 Å². The summed E-state index contributed by atoms with van der Waals surface area (Å²) in [5, 5.41) is 13.0. The number of anilines is 1. The van der Waals surface area contributed by atoms with Gasteiger partial charge in [-0.3, -0.25) is 4.98 Å². The van der Waals surface area contributed by atoms with Crippen LogP contribution in [-0.2, 0) is 46.9 Å². The molecule has 1 aliphatic heterocycles. The molecule has 160 valence electrons. The number of aryl methyl sites for hydroxylation is 2. The monoisotopic (exact) mass is 432 g/mol. The number of carbonyl (C=O) groups is 1. The number of urea groups is 1. The number of aromatic nitrogens is 3. The first-order chi connectivity index (χ1) is 14.5. The third-order valence-electron chi connectivity index (χ3n) is 5.89. The number of fused-ring (bicyclic) bond motifs is 3. The van der Waals surface area contributed by atoms with Crippen LogP contribution in [0.4, 0.5) is 10.5 Å². The molecule has 0 saturated carbocycles. The molecule has 5 rings (SSSR count). The van der Waals surface area contributed by atoms with E-state index in [9.17, 15) is 9.00 Å². The lowest BCUT2D eigenvalue weighted by Gasteiger charge is -2.23. The minimum atomic E-state index is -3.53. The van der Waals surface area contributed by atoms with Crippen molar-refractivity contribution in [3.05, 3.63) is 28.7 Å². The highest BCUT2D eigenvalue weighted by Crippen LogP contribution is 2.36. The Hall–Kier alpha value is -2.50. The van der Waals surface area contributed by atoms with Crippen LogP contribution >= 0.6 is 0 Å². The fraction of sp³-hybridized carbons (Fsp3) is 0.526. The predicted molar refractivity (Wildman–Crippen MR) is 109 cm³/mol. The number of methoxy groups -OCH3 is 1. The topological polar surface area (TPSA) is 134 Å². The summed E-state index contributed by atoms with van der Waals surface area (Å²) in [6.45, 7) is 0.731. The highest BCUT2D eigenvalue weighted by molar-refractivity contribution is 7.91. The fourth-order valence-electron chi connectivity index (χ4n) is 4.43. The second-order valence-electron chi connectivity index (χ2n) is 7.80. The second kappa shape index (κ2) is 7.33. The van der Waals surface area contributed by atoms with Crippen molar-refractivity contribution in [3.63, 3.8) is 0 Å². The average Bonchev–Trinajstić information content (AvgIpc) is 3.45. The molecule has 0 radical (unpaired) electrons. The van der Waals surface area contributed by atoms with Crippen LogP contribution in [0, 0.1) is 0 Å². The number of amides is 2. The molecule has 2 aliphatic carbocycles. The van der Waals surface area contributed by atoms with Crippen LogP contribution in [-0.4, -0.2) is 44.8 Å². The molecule has 11 heteroatoms. The molecule has 0 fully saturated rings. The normalized spacial score (nSPS) is 21.2. The Labute approximate surface area is 174 Å². The number of hydrogen-bond acceptors (Lipinski definition) is 6. The van der Waals surface area contributed by atoms with E-state index in [0.29, 0.717) is 6.54 Å². The largest absolute Gasteiger partial charge is 0.474 e. The van der Waals surface area contributed by atoms with Crippen molar-refractivity contribution in [2.75, 3.05) is 19.0 Å². The number of carbonyl (C=O) groups excluding carboxylic acids is 1. The number of rotatable bonds is 3. The Balaban J connectivity index is 1.45. The van der Waals surface area contributed by atoms with Crippen molar-refractivity contribution < 1.29 is 18.5 Å². The Morgan fingerprint density at radius 1 is 1.30 bits per heavy atom. The van der Waals surface area contributed by atoms with Gasteiger partial charge in [0.25, 0.3) is 0 Å². The molecule has 2 aromatic heterocycles. The Kier molecular flexibility index (Phi) is 4.75. The zero-order chi connectivity index (χ0) is 20.9. The molecule has 0 bridgehead atoms. The van der Waals surface area contributed by atoms with Gasteiger partial charge in [-0.05, 0) is 49.7 Å². The Bertz CT molecular complexity index is 1120. The molecule has 3 heterocycles. The van der Waals surface area contributed by atoms with E-state index in [4.69, 9.17) is 19.6 Å². The van der Waals surface area contributed by atoms with Crippen molar-refractivity contribution in [2.24, 2.45) is 9.50 Å². The number of nitrogens with one attached hydrogen (secondary N) is 1. The van der Waals surface area contributed by atoms with Crippen LogP contribution in [0.15, 0.2) is 15.5 Å². The first-order valence-electron chi connectivity index (χ1n) is 10.1. The standard InChI is InChI=1S/C19H24N6O4S/c1-28-11-9-25-18(29-10-11)16(8-21-25)30(20,27)24-19(26)23-17-12-4-2-6-14(12)22-15-7-3-5-13(15)17/h8,11H,2-7,9-10H2,1H3,(H3,20,22,23,24,26,27). The SMILES string of the molecule is COC1COc2c(S(N)(=O)=NC(=O)Nc3c4c(nc5c3CCC5)CCC4)cnn2C1. The quantitative estimate of drug-likeness (QED) is 0.757. The number of pyridine rings is 1. The van der Waals surface area contributed by atoms with Gasteiger partial charge in [-0.15, -0.1) is 4.36 Å². The van der Waals surface area contributed by atoms with Gasteiger partial charge in [0.05, 0.1) is 18.4 Å². The van der Waals surface area contributed by atoms with E-state index in [1.54, 1.807) is 7.11 Å². The lowest BCUT2D eigenvalue weighted by molar-refractivity contribution is 0.0165. The third kappa shape index (κ3) is 3.26. The van der Waals surface area contributed by atoms with E-state index in [1.165, 1.54) is 10.9 Å². The van der Waals surface area contributed by atoms with Gasteiger partial charge in [0.1, 0.15) is 17.6 Å². The molecule has 2 unspecified atom stereocenters.